The number of nitrogens with zero attached hydrogens (tertiary/aromatic N) is 1. The Hall–Kier alpha value is -2.26. The fourth-order valence-corrected chi connectivity index (χ4v) is 4.01. The number of aromatic hydroxyl groups is 1. The van der Waals surface area contributed by atoms with E-state index in [2.05, 4.69) is 46.4 Å². The van der Waals surface area contributed by atoms with Gasteiger partial charge in [-0.15, -0.1) is 0 Å². The van der Waals surface area contributed by atoms with Crippen LogP contribution in [-0.4, -0.2) is 34.6 Å². The minimum atomic E-state index is 0.343. The molecule has 2 N–H and O–H groups in total. The van der Waals surface area contributed by atoms with Crippen molar-refractivity contribution < 1.29 is 5.11 Å². The SMILES string of the molecule is Oc1ccc2[nH]cc(CCN3CCC(Cc4ccccc4)CC3)c2c1. The summed E-state index contributed by atoms with van der Waals surface area (Å²) in [7, 11) is 0. The average molecular weight is 334 g/mol. The van der Waals surface area contributed by atoms with E-state index in [1.54, 1.807) is 6.07 Å². The summed E-state index contributed by atoms with van der Waals surface area (Å²) in [6, 6.07) is 16.4. The molecule has 0 atom stereocenters. The molecule has 0 unspecified atom stereocenters. The Labute approximate surface area is 149 Å². The van der Waals surface area contributed by atoms with Crippen LogP contribution in [0.4, 0.5) is 0 Å². The second-order valence-electron chi connectivity index (χ2n) is 7.27. The minimum Gasteiger partial charge on any atom is -0.508 e. The van der Waals surface area contributed by atoms with E-state index < -0.39 is 0 Å². The lowest BCUT2D eigenvalue weighted by atomic mass is 9.90. The van der Waals surface area contributed by atoms with E-state index in [4.69, 9.17) is 0 Å². The average Bonchev–Trinajstić information content (AvgIpc) is 3.04. The lowest BCUT2D eigenvalue weighted by Gasteiger charge is -2.32. The molecule has 1 saturated heterocycles. The van der Waals surface area contributed by atoms with Crippen molar-refractivity contribution in [3.8, 4) is 5.75 Å². The monoisotopic (exact) mass is 334 g/mol. The fraction of sp³-hybridized carbons (Fsp3) is 0.364. The van der Waals surface area contributed by atoms with Crippen LogP contribution in [0.15, 0.2) is 54.7 Å². The molecule has 25 heavy (non-hydrogen) atoms. The van der Waals surface area contributed by atoms with Crippen LogP contribution in [-0.2, 0) is 12.8 Å². The number of phenolic OH excluding ortho intramolecular Hbond substituents is 1. The minimum absolute atomic E-state index is 0.343. The van der Waals surface area contributed by atoms with Gasteiger partial charge in [0.25, 0.3) is 0 Å². The smallest absolute Gasteiger partial charge is 0.116 e. The van der Waals surface area contributed by atoms with Gasteiger partial charge in [-0.3, -0.25) is 0 Å². The molecular weight excluding hydrogens is 308 g/mol. The topological polar surface area (TPSA) is 39.3 Å². The summed E-state index contributed by atoms with van der Waals surface area (Å²) in [5.41, 5.74) is 3.88. The zero-order valence-corrected chi connectivity index (χ0v) is 14.6. The largest absolute Gasteiger partial charge is 0.508 e. The molecule has 3 heteroatoms. The Balaban J connectivity index is 1.29. The molecule has 1 fully saturated rings. The van der Waals surface area contributed by atoms with E-state index in [9.17, 15) is 5.11 Å². The maximum absolute atomic E-state index is 9.72. The van der Waals surface area contributed by atoms with Crippen molar-refractivity contribution >= 4 is 10.9 Å². The van der Waals surface area contributed by atoms with E-state index in [1.807, 2.05) is 12.1 Å². The molecule has 0 radical (unpaired) electrons. The molecule has 1 aliphatic rings. The molecular formula is C22H26N2O. The van der Waals surface area contributed by atoms with Gasteiger partial charge in [-0.2, -0.15) is 0 Å². The summed E-state index contributed by atoms with van der Waals surface area (Å²) in [6.45, 7) is 3.50. The Morgan fingerprint density at radius 3 is 2.64 bits per heavy atom. The number of rotatable bonds is 5. The Morgan fingerprint density at radius 2 is 1.84 bits per heavy atom. The van der Waals surface area contributed by atoms with Gasteiger partial charge in [-0.1, -0.05) is 30.3 Å². The number of piperidine rings is 1. The molecule has 0 amide bonds. The van der Waals surface area contributed by atoms with Crippen molar-refractivity contribution in [1.29, 1.82) is 0 Å². The number of hydrogen-bond acceptors (Lipinski definition) is 2. The Kier molecular flexibility index (Phi) is 4.75. The quantitative estimate of drug-likeness (QED) is 0.727. The van der Waals surface area contributed by atoms with Crippen molar-refractivity contribution in [2.75, 3.05) is 19.6 Å². The molecule has 3 aromatic rings. The molecule has 130 valence electrons. The van der Waals surface area contributed by atoms with Crippen LogP contribution in [0.5, 0.6) is 5.75 Å². The van der Waals surface area contributed by atoms with Gasteiger partial charge in [0, 0.05) is 23.6 Å². The van der Waals surface area contributed by atoms with Gasteiger partial charge in [-0.25, -0.2) is 0 Å². The first-order chi connectivity index (χ1) is 12.3. The first-order valence-corrected chi connectivity index (χ1v) is 9.33. The third kappa shape index (κ3) is 3.88. The molecule has 0 aliphatic carbocycles. The van der Waals surface area contributed by atoms with Gasteiger partial charge in [0.1, 0.15) is 5.75 Å². The third-order valence-corrected chi connectivity index (χ3v) is 5.52. The molecule has 0 bridgehead atoms. The van der Waals surface area contributed by atoms with Crippen LogP contribution in [0.2, 0.25) is 0 Å². The number of benzene rings is 2. The normalized spacial score (nSPS) is 16.5. The van der Waals surface area contributed by atoms with Gasteiger partial charge < -0.3 is 15.0 Å². The summed E-state index contributed by atoms with van der Waals surface area (Å²) in [6.07, 6.45) is 6.93. The molecule has 4 rings (SSSR count). The second-order valence-corrected chi connectivity index (χ2v) is 7.27. The first-order valence-electron chi connectivity index (χ1n) is 9.33. The predicted octanol–water partition coefficient (Wildman–Crippen LogP) is 4.37. The lowest BCUT2D eigenvalue weighted by Crippen LogP contribution is -2.35. The van der Waals surface area contributed by atoms with Crippen molar-refractivity contribution in [3.63, 3.8) is 0 Å². The summed E-state index contributed by atoms with van der Waals surface area (Å²) < 4.78 is 0. The van der Waals surface area contributed by atoms with Crippen LogP contribution >= 0.6 is 0 Å². The molecule has 2 aromatic carbocycles. The number of phenols is 1. The number of aromatic amines is 1. The number of aromatic nitrogens is 1. The van der Waals surface area contributed by atoms with Crippen molar-refractivity contribution in [2.24, 2.45) is 5.92 Å². The zero-order chi connectivity index (χ0) is 17.1. The molecule has 2 heterocycles. The van der Waals surface area contributed by atoms with Gasteiger partial charge in [0.05, 0.1) is 0 Å². The lowest BCUT2D eigenvalue weighted by molar-refractivity contribution is 0.186. The number of fused-ring (bicyclic) bond motifs is 1. The molecule has 3 nitrogen and oxygen atoms in total. The maximum atomic E-state index is 9.72. The fourth-order valence-electron chi connectivity index (χ4n) is 4.01. The highest BCUT2D eigenvalue weighted by molar-refractivity contribution is 5.84. The van der Waals surface area contributed by atoms with Crippen LogP contribution in [0, 0.1) is 5.92 Å². The van der Waals surface area contributed by atoms with Gasteiger partial charge >= 0.3 is 0 Å². The van der Waals surface area contributed by atoms with E-state index in [0.717, 1.165) is 29.8 Å². The third-order valence-electron chi connectivity index (χ3n) is 5.52. The predicted molar refractivity (Wildman–Crippen MR) is 103 cm³/mol. The number of hydrogen-bond donors (Lipinski definition) is 2. The van der Waals surface area contributed by atoms with Crippen molar-refractivity contribution in [1.82, 2.24) is 9.88 Å². The second kappa shape index (κ2) is 7.32. The summed E-state index contributed by atoms with van der Waals surface area (Å²) in [5.74, 6) is 1.17. The summed E-state index contributed by atoms with van der Waals surface area (Å²) in [5, 5.41) is 10.9. The highest BCUT2D eigenvalue weighted by Gasteiger charge is 2.19. The highest BCUT2D eigenvalue weighted by atomic mass is 16.3. The molecule has 1 aromatic heterocycles. The van der Waals surface area contributed by atoms with Gasteiger partial charge in [0.2, 0.25) is 0 Å². The Bertz CT molecular complexity index is 816. The van der Waals surface area contributed by atoms with E-state index in [0.29, 0.717) is 5.75 Å². The van der Waals surface area contributed by atoms with Crippen molar-refractivity contribution in [3.05, 3.63) is 65.9 Å². The van der Waals surface area contributed by atoms with Crippen LogP contribution in [0.25, 0.3) is 10.9 Å². The summed E-state index contributed by atoms with van der Waals surface area (Å²) >= 11 is 0. The van der Waals surface area contributed by atoms with Gasteiger partial charge in [0.15, 0.2) is 0 Å². The van der Waals surface area contributed by atoms with E-state index in [1.165, 1.54) is 43.5 Å². The highest BCUT2D eigenvalue weighted by Crippen LogP contribution is 2.25. The number of nitrogens with one attached hydrogen (secondary N) is 1. The van der Waals surface area contributed by atoms with E-state index in [-0.39, 0.29) is 0 Å². The first kappa shape index (κ1) is 16.2. The maximum Gasteiger partial charge on any atom is 0.116 e. The van der Waals surface area contributed by atoms with Crippen LogP contribution < -0.4 is 0 Å². The van der Waals surface area contributed by atoms with Crippen molar-refractivity contribution in [2.45, 2.75) is 25.7 Å². The van der Waals surface area contributed by atoms with Gasteiger partial charge in [-0.05, 0) is 74.0 Å². The van der Waals surface area contributed by atoms with Crippen LogP contribution in [0.1, 0.15) is 24.0 Å². The molecule has 1 aliphatic heterocycles. The Morgan fingerprint density at radius 1 is 1.04 bits per heavy atom. The summed E-state index contributed by atoms with van der Waals surface area (Å²) in [4.78, 5) is 5.89. The molecule has 0 saturated carbocycles. The molecule has 0 spiro atoms. The zero-order valence-electron chi connectivity index (χ0n) is 14.6. The standard InChI is InChI=1S/C22H26N2O/c25-20-6-7-22-21(15-20)19(16-23-22)10-13-24-11-8-18(9-12-24)14-17-4-2-1-3-5-17/h1-7,15-16,18,23,25H,8-14H2. The van der Waals surface area contributed by atoms with Crippen LogP contribution in [0.3, 0.4) is 0 Å². The number of likely N-dealkylation sites (tertiary alicyclic amines) is 1. The van der Waals surface area contributed by atoms with E-state index >= 15 is 0 Å². The number of H-pyrrole nitrogens is 1.